The third-order valence-electron chi connectivity index (χ3n) is 2.21. The number of ether oxygens (including phenoxy) is 2. The molecule has 0 bridgehead atoms. The number of carbonyl (C=O) groups is 1. The van der Waals surface area contributed by atoms with Crippen molar-refractivity contribution in [2.45, 2.75) is 26.9 Å². The van der Waals surface area contributed by atoms with Crippen molar-refractivity contribution in [2.75, 3.05) is 12.8 Å². The highest BCUT2D eigenvalue weighted by Crippen LogP contribution is 2.35. The minimum atomic E-state index is -0.452. The van der Waals surface area contributed by atoms with E-state index in [2.05, 4.69) is 15.9 Å². The number of hydrogen-bond donors (Lipinski definition) is 1. The Morgan fingerprint density at radius 1 is 1.47 bits per heavy atom. The number of benzene rings is 1. The van der Waals surface area contributed by atoms with Crippen LogP contribution >= 0.6 is 15.9 Å². The smallest absolute Gasteiger partial charge is 0.341 e. The van der Waals surface area contributed by atoms with Gasteiger partial charge in [-0.25, -0.2) is 4.79 Å². The number of hydrogen-bond acceptors (Lipinski definition) is 4. The molecule has 5 heteroatoms. The van der Waals surface area contributed by atoms with Crippen LogP contribution in [0.2, 0.25) is 0 Å². The topological polar surface area (TPSA) is 61.5 Å². The number of nitrogens with two attached hydrogens (primary N) is 1. The Bertz CT molecular complexity index is 444. The van der Waals surface area contributed by atoms with Crippen molar-refractivity contribution in [3.05, 3.63) is 21.7 Å². The number of rotatable bonds is 3. The molecule has 0 aliphatic heterocycles. The van der Waals surface area contributed by atoms with Gasteiger partial charge in [-0.2, -0.15) is 0 Å². The first-order valence-corrected chi connectivity index (χ1v) is 6.01. The maximum absolute atomic E-state index is 11.9. The van der Waals surface area contributed by atoms with Gasteiger partial charge in [-0.1, -0.05) is 0 Å². The van der Waals surface area contributed by atoms with Crippen molar-refractivity contribution in [2.24, 2.45) is 0 Å². The van der Waals surface area contributed by atoms with Gasteiger partial charge in [0.05, 0.1) is 18.9 Å². The predicted molar refractivity (Wildman–Crippen MR) is 70.4 cm³/mol. The summed E-state index contributed by atoms with van der Waals surface area (Å²) in [5.74, 6) is 0.0211. The molecule has 0 saturated heterocycles. The van der Waals surface area contributed by atoms with Crippen molar-refractivity contribution in [3.63, 3.8) is 0 Å². The number of nitrogen functional groups attached to an aromatic ring is 1. The van der Waals surface area contributed by atoms with Crippen molar-refractivity contribution >= 4 is 27.6 Å². The van der Waals surface area contributed by atoms with Crippen LogP contribution in [0.15, 0.2) is 10.5 Å². The average Bonchev–Trinajstić information content (AvgIpc) is 2.22. The van der Waals surface area contributed by atoms with Gasteiger partial charge >= 0.3 is 5.97 Å². The van der Waals surface area contributed by atoms with E-state index in [0.717, 1.165) is 5.56 Å². The summed E-state index contributed by atoms with van der Waals surface area (Å²) in [6, 6.07) is 1.77. The number of esters is 1. The van der Waals surface area contributed by atoms with E-state index in [-0.39, 0.29) is 11.8 Å². The van der Waals surface area contributed by atoms with Crippen molar-refractivity contribution in [1.82, 2.24) is 0 Å². The summed E-state index contributed by atoms with van der Waals surface area (Å²) in [7, 11) is 1.51. The quantitative estimate of drug-likeness (QED) is 0.689. The number of aryl methyl sites for hydroxylation is 1. The lowest BCUT2D eigenvalue weighted by molar-refractivity contribution is 0.0377. The molecule has 1 rings (SSSR count). The van der Waals surface area contributed by atoms with Gasteiger partial charge in [0.15, 0.2) is 0 Å². The van der Waals surface area contributed by atoms with Crippen molar-refractivity contribution in [3.8, 4) is 5.75 Å². The molecule has 0 amide bonds. The van der Waals surface area contributed by atoms with Crippen LogP contribution in [0.1, 0.15) is 29.8 Å². The summed E-state index contributed by atoms with van der Waals surface area (Å²) in [4.78, 5) is 11.9. The lowest BCUT2D eigenvalue weighted by Gasteiger charge is -2.15. The molecule has 1 aromatic rings. The highest BCUT2D eigenvalue weighted by atomic mass is 79.9. The maximum atomic E-state index is 11.9. The highest BCUT2D eigenvalue weighted by Gasteiger charge is 2.21. The Kier molecular flexibility index (Phi) is 4.40. The lowest BCUT2D eigenvalue weighted by atomic mass is 10.1. The van der Waals surface area contributed by atoms with Crippen LogP contribution in [0.3, 0.4) is 0 Å². The Morgan fingerprint density at radius 3 is 2.53 bits per heavy atom. The Labute approximate surface area is 109 Å². The van der Waals surface area contributed by atoms with E-state index in [4.69, 9.17) is 15.2 Å². The fraction of sp³-hybridized carbons (Fsp3) is 0.417. The third-order valence-corrected chi connectivity index (χ3v) is 3.24. The standard InChI is InChI=1S/C12H16BrNO3/c1-6(2)17-12(15)9-10(13)7(3)5-8(16-4)11(9)14/h5-6H,14H2,1-4H3. The monoisotopic (exact) mass is 301 g/mol. The predicted octanol–water partition coefficient (Wildman–Crippen LogP) is 2.91. The number of carbonyl (C=O) groups excluding carboxylic acids is 1. The van der Waals surface area contributed by atoms with E-state index in [0.29, 0.717) is 15.8 Å². The molecule has 4 nitrogen and oxygen atoms in total. The number of halogens is 1. The van der Waals surface area contributed by atoms with Gasteiger partial charge in [-0.3, -0.25) is 0 Å². The summed E-state index contributed by atoms with van der Waals surface area (Å²) in [6.45, 7) is 5.43. The molecular weight excluding hydrogens is 286 g/mol. The van der Waals surface area contributed by atoms with Crippen LogP contribution in [-0.4, -0.2) is 19.2 Å². The van der Waals surface area contributed by atoms with E-state index in [1.807, 2.05) is 6.92 Å². The zero-order chi connectivity index (χ0) is 13.2. The Balaban J connectivity index is 3.30. The molecule has 94 valence electrons. The molecule has 1 aromatic carbocycles. The summed E-state index contributed by atoms with van der Waals surface area (Å²) < 4.78 is 10.9. The number of anilines is 1. The van der Waals surface area contributed by atoms with E-state index < -0.39 is 5.97 Å². The van der Waals surface area contributed by atoms with Gasteiger partial charge in [-0.15, -0.1) is 0 Å². The van der Waals surface area contributed by atoms with Gasteiger partial charge in [-0.05, 0) is 48.3 Å². The molecule has 2 N–H and O–H groups in total. The van der Waals surface area contributed by atoms with Gasteiger partial charge < -0.3 is 15.2 Å². The van der Waals surface area contributed by atoms with E-state index in [9.17, 15) is 4.79 Å². The lowest BCUT2D eigenvalue weighted by Crippen LogP contribution is -2.15. The van der Waals surface area contributed by atoms with Crippen molar-refractivity contribution in [1.29, 1.82) is 0 Å². The molecule has 0 aromatic heterocycles. The highest BCUT2D eigenvalue weighted by molar-refractivity contribution is 9.10. The fourth-order valence-corrected chi connectivity index (χ4v) is 1.91. The minimum Gasteiger partial charge on any atom is -0.495 e. The van der Waals surface area contributed by atoms with Gasteiger partial charge in [0.1, 0.15) is 11.3 Å². The fourth-order valence-electron chi connectivity index (χ4n) is 1.42. The maximum Gasteiger partial charge on any atom is 0.341 e. The summed E-state index contributed by atoms with van der Waals surface area (Å²) in [5, 5.41) is 0. The average molecular weight is 302 g/mol. The third kappa shape index (κ3) is 2.91. The second-order valence-electron chi connectivity index (χ2n) is 3.95. The first-order valence-electron chi connectivity index (χ1n) is 5.22. The molecule has 0 fully saturated rings. The van der Waals surface area contributed by atoms with Crippen molar-refractivity contribution < 1.29 is 14.3 Å². The SMILES string of the molecule is COc1cc(C)c(Br)c(C(=O)OC(C)C)c1N. The zero-order valence-electron chi connectivity index (χ0n) is 10.3. The second kappa shape index (κ2) is 5.40. The Morgan fingerprint density at radius 2 is 2.06 bits per heavy atom. The summed E-state index contributed by atoms with van der Waals surface area (Å²) >= 11 is 3.35. The molecule has 0 atom stereocenters. The van der Waals surface area contributed by atoms with Crippen LogP contribution in [0, 0.1) is 6.92 Å². The van der Waals surface area contributed by atoms with E-state index >= 15 is 0 Å². The molecule has 0 aliphatic carbocycles. The van der Waals surface area contributed by atoms with Gasteiger partial charge in [0, 0.05) is 4.47 Å². The van der Waals surface area contributed by atoms with Crippen LogP contribution < -0.4 is 10.5 Å². The molecule has 0 unspecified atom stereocenters. The zero-order valence-corrected chi connectivity index (χ0v) is 11.9. The van der Waals surface area contributed by atoms with Gasteiger partial charge in [0.25, 0.3) is 0 Å². The number of methoxy groups -OCH3 is 1. The summed E-state index contributed by atoms with van der Waals surface area (Å²) in [5.41, 5.74) is 7.35. The molecular formula is C12H16BrNO3. The first kappa shape index (κ1) is 13.8. The first-order chi connectivity index (χ1) is 7.88. The molecule has 0 radical (unpaired) electrons. The van der Waals surface area contributed by atoms with Gasteiger partial charge in [0.2, 0.25) is 0 Å². The molecule has 17 heavy (non-hydrogen) atoms. The summed E-state index contributed by atoms with van der Waals surface area (Å²) in [6.07, 6.45) is -0.194. The van der Waals surface area contributed by atoms with Crippen LogP contribution in [-0.2, 0) is 4.74 Å². The van der Waals surface area contributed by atoms with Crippen LogP contribution in [0.25, 0.3) is 0 Å². The second-order valence-corrected chi connectivity index (χ2v) is 4.75. The van der Waals surface area contributed by atoms with Crippen LogP contribution in [0.4, 0.5) is 5.69 Å². The molecule has 0 aliphatic rings. The molecule has 0 spiro atoms. The van der Waals surface area contributed by atoms with Crippen LogP contribution in [0.5, 0.6) is 5.75 Å². The Hall–Kier alpha value is -1.23. The largest absolute Gasteiger partial charge is 0.495 e. The molecule has 0 heterocycles. The minimum absolute atomic E-state index is 0.194. The molecule has 0 saturated carbocycles. The normalized spacial score (nSPS) is 10.5. The van der Waals surface area contributed by atoms with E-state index in [1.54, 1.807) is 19.9 Å². The van der Waals surface area contributed by atoms with E-state index in [1.165, 1.54) is 7.11 Å².